The van der Waals surface area contributed by atoms with Crippen molar-refractivity contribution in [1.82, 2.24) is 10.6 Å². The smallest absolute Gasteiger partial charge is 0.186 e. The molecule has 0 radical (unpaired) electrons. The van der Waals surface area contributed by atoms with Gasteiger partial charge >= 0.3 is 0 Å². The number of amidine groups is 1. The lowest BCUT2D eigenvalue weighted by atomic mass is 9.79. The molecule has 3 unspecified atom stereocenters. The second kappa shape index (κ2) is 13.7. The number of hydrogen-bond donors (Lipinski definition) is 4. The predicted octanol–water partition coefficient (Wildman–Crippen LogP) is 3.55. The maximum Gasteiger partial charge on any atom is 0.186 e. The molecule has 1 rings (SSSR count). The number of aliphatic hydroxyl groups is 2. The second-order valence-electron chi connectivity index (χ2n) is 6.90. The van der Waals surface area contributed by atoms with Crippen molar-refractivity contribution >= 4 is 12.1 Å². The van der Waals surface area contributed by atoms with E-state index < -0.39 is 12.0 Å². The number of aldehydes is 1. The first-order valence-electron chi connectivity index (χ1n) is 10.1. The number of allylic oxidation sites excluding steroid dienone is 9. The lowest BCUT2D eigenvalue weighted by Gasteiger charge is -2.28. The van der Waals surface area contributed by atoms with Gasteiger partial charge in [0.05, 0.1) is 0 Å². The fourth-order valence-electron chi connectivity index (χ4n) is 3.44. The van der Waals surface area contributed by atoms with E-state index in [0.717, 1.165) is 19.3 Å². The first kappa shape index (κ1) is 24.6. The van der Waals surface area contributed by atoms with Crippen molar-refractivity contribution in [3.8, 4) is 0 Å². The van der Waals surface area contributed by atoms with Crippen LogP contribution in [-0.2, 0) is 4.79 Å². The fourth-order valence-corrected chi connectivity index (χ4v) is 3.44. The summed E-state index contributed by atoms with van der Waals surface area (Å²) in [4.78, 5) is 15.4. The van der Waals surface area contributed by atoms with Gasteiger partial charge in [-0.05, 0) is 44.7 Å². The third-order valence-electron chi connectivity index (χ3n) is 4.90. The van der Waals surface area contributed by atoms with Gasteiger partial charge in [0.1, 0.15) is 17.8 Å². The number of aliphatic imine (C=N–C) groups is 1. The maximum atomic E-state index is 11.0. The SMILES string of the molecule is C/C=C\C(=C/CC)C1/C=C\C=CCCC1CC(=NC)N/C(=C(/O)C=O)C(O)NC. The zero-order valence-electron chi connectivity index (χ0n) is 17.9. The zero-order valence-corrected chi connectivity index (χ0v) is 17.9. The quantitative estimate of drug-likeness (QED) is 0.0902. The molecule has 1 aliphatic rings. The summed E-state index contributed by atoms with van der Waals surface area (Å²) >= 11 is 0. The molecular formula is C23H35N3O3. The second-order valence-corrected chi connectivity index (χ2v) is 6.90. The summed E-state index contributed by atoms with van der Waals surface area (Å²) in [6.45, 7) is 4.15. The van der Waals surface area contributed by atoms with Crippen LogP contribution >= 0.6 is 0 Å². The summed E-state index contributed by atoms with van der Waals surface area (Å²) in [5, 5.41) is 25.6. The number of aliphatic hydroxyl groups excluding tert-OH is 2. The highest BCUT2D eigenvalue weighted by Gasteiger charge is 2.25. The van der Waals surface area contributed by atoms with Crippen LogP contribution in [0.25, 0.3) is 0 Å². The van der Waals surface area contributed by atoms with Crippen molar-refractivity contribution in [2.45, 2.75) is 45.8 Å². The number of hydrogen-bond acceptors (Lipinski definition) is 5. The van der Waals surface area contributed by atoms with E-state index in [1.165, 1.54) is 12.6 Å². The van der Waals surface area contributed by atoms with Gasteiger partial charge in [-0.3, -0.25) is 15.1 Å². The predicted molar refractivity (Wildman–Crippen MR) is 120 cm³/mol. The monoisotopic (exact) mass is 401 g/mol. The minimum Gasteiger partial charge on any atom is -0.503 e. The molecule has 0 aliphatic heterocycles. The molecule has 6 nitrogen and oxygen atoms in total. The van der Waals surface area contributed by atoms with Crippen molar-refractivity contribution in [2.24, 2.45) is 16.8 Å². The van der Waals surface area contributed by atoms with Crippen LogP contribution in [0, 0.1) is 11.8 Å². The molecule has 0 fully saturated rings. The topological polar surface area (TPSA) is 94.0 Å². The Morgan fingerprint density at radius 3 is 2.72 bits per heavy atom. The van der Waals surface area contributed by atoms with E-state index in [-0.39, 0.29) is 17.5 Å². The zero-order chi connectivity index (χ0) is 21.6. The molecule has 0 heterocycles. The van der Waals surface area contributed by atoms with E-state index in [9.17, 15) is 15.0 Å². The van der Waals surface area contributed by atoms with E-state index in [0.29, 0.717) is 18.5 Å². The van der Waals surface area contributed by atoms with Crippen LogP contribution in [-0.4, -0.2) is 42.7 Å². The van der Waals surface area contributed by atoms with Gasteiger partial charge in [-0.1, -0.05) is 49.5 Å². The van der Waals surface area contributed by atoms with Gasteiger partial charge in [0.15, 0.2) is 12.0 Å². The normalized spacial score (nSPS) is 23.9. The Labute approximate surface area is 174 Å². The van der Waals surface area contributed by atoms with Gasteiger partial charge in [0, 0.05) is 19.4 Å². The number of nitrogens with one attached hydrogen (secondary N) is 2. The summed E-state index contributed by atoms with van der Waals surface area (Å²) in [5.41, 5.74) is 1.27. The lowest BCUT2D eigenvalue weighted by Crippen LogP contribution is -2.39. The summed E-state index contributed by atoms with van der Waals surface area (Å²) in [6.07, 6.45) is 17.6. The molecule has 1 aliphatic carbocycles. The highest BCUT2D eigenvalue weighted by Crippen LogP contribution is 2.32. The van der Waals surface area contributed by atoms with Crippen molar-refractivity contribution < 1.29 is 15.0 Å². The number of rotatable bonds is 9. The van der Waals surface area contributed by atoms with Crippen LogP contribution in [0.15, 0.2) is 64.6 Å². The molecule has 0 aromatic rings. The summed E-state index contributed by atoms with van der Waals surface area (Å²) in [5.74, 6) is 0.538. The van der Waals surface area contributed by atoms with Crippen LogP contribution in [0.3, 0.4) is 0 Å². The van der Waals surface area contributed by atoms with E-state index >= 15 is 0 Å². The van der Waals surface area contributed by atoms with E-state index in [1.54, 1.807) is 7.05 Å². The third kappa shape index (κ3) is 7.83. The minimum absolute atomic E-state index is 0.00119. The summed E-state index contributed by atoms with van der Waals surface area (Å²) in [6, 6.07) is 0. The van der Waals surface area contributed by atoms with E-state index in [4.69, 9.17) is 0 Å². The first-order chi connectivity index (χ1) is 14.0. The Morgan fingerprint density at radius 1 is 1.38 bits per heavy atom. The van der Waals surface area contributed by atoms with E-state index in [2.05, 4.69) is 65.1 Å². The van der Waals surface area contributed by atoms with Crippen LogP contribution in [0.5, 0.6) is 0 Å². The van der Waals surface area contributed by atoms with Crippen molar-refractivity contribution in [3.05, 3.63) is 59.6 Å². The van der Waals surface area contributed by atoms with Gasteiger partial charge in [0.25, 0.3) is 0 Å². The Balaban J connectivity index is 3.18. The van der Waals surface area contributed by atoms with E-state index in [1.807, 2.05) is 6.92 Å². The largest absolute Gasteiger partial charge is 0.503 e. The molecule has 0 aromatic heterocycles. The molecule has 0 amide bonds. The number of carbonyl (C=O) groups excluding carboxylic acids is 1. The fraction of sp³-hybridized carbons (Fsp3) is 0.478. The molecule has 6 heteroatoms. The molecule has 0 aromatic carbocycles. The number of nitrogens with zero attached hydrogens (tertiary/aromatic N) is 1. The molecule has 3 atom stereocenters. The molecule has 0 saturated heterocycles. The lowest BCUT2D eigenvalue weighted by molar-refractivity contribution is -0.107. The molecule has 160 valence electrons. The highest BCUT2D eigenvalue weighted by atomic mass is 16.3. The van der Waals surface area contributed by atoms with Gasteiger partial charge in [-0.15, -0.1) is 0 Å². The number of likely N-dealkylation sites (N-methyl/N-ethyl adjacent to an activating group) is 1. The van der Waals surface area contributed by atoms with Crippen molar-refractivity contribution in [1.29, 1.82) is 0 Å². The molecular weight excluding hydrogens is 366 g/mol. The Morgan fingerprint density at radius 2 is 2.14 bits per heavy atom. The van der Waals surface area contributed by atoms with Gasteiger partial charge in [0.2, 0.25) is 0 Å². The third-order valence-corrected chi connectivity index (χ3v) is 4.90. The Kier molecular flexibility index (Phi) is 11.6. The molecule has 0 bridgehead atoms. The first-order valence-corrected chi connectivity index (χ1v) is 10.1. The number of carbonyl (C=O) groups is 1. The molecule has 4 N–H and O–H groups in total. The summed E-state index contributed by atoms with van der Waals surface area (Å²) in [7, 11) is 3.19. The Hall–Kier alpha value is -2.44. The highest BCUT2D eigenvalue weighted by molar-refractivity contribution is 5.85. The average molecular weight is 402 g/mol. The van der Waals surface area contributed by atoms with Crippen molar-refractivity contribution in [3.63, 3.8) is 0 Å². The maximum absolute atomic E-state index is 11.0. The van der Waals surface area contributed by atoms with Crippen LogP contribution in [0.4, 0.5) is 0 Å². The molecule has 29 heavy (non-hydrogen) atoms. The minimum atomic E-state index is -1.20. The molecule has 0 spiro atoms. The summed E-state index contributed by atoms with van der Waals surface area (Å²) < 4.78 is 0. The van der Waals surface area contributed by atoms with Gasteiger partial charge in [-0.2, -0.15) is 0 Å². The standard InChI is InChI=1S/C23H35N3O3/c1-5-11-17(12-6-2)19-14-10-8-7-9-13-18(19)15-21(24-3)26-22(20(28)16-27)23(29)25-4/h5,7-8,10-12,14,16,18-19,23,25,28-29H,6,9,13,15H2,1-4H3,(H,24,26)/b8-7?,11-5-,14-10-,17-12+,22-20+. The Bertz CT molecular complexity index is 702. The van der Waals surface area contributed by atoms with Crippen LogP contribution in [0.1, 0.15) is 39.5 Å². The van der Waals surface area contributed by atoms with Crippen molar-refractivity contribution in [2.75, 3.05) is 14.1 Å². The van der Waals surface area contributed by atoms with Gasteiger partial charge in [-0.25, -0.2) is 0 Å². The van der Waals surface area contributed by atoms with Gasteiger partial charge < -0.3 is 15.5 Å². The van der Waals surface area contributed by atoms with Crippen LogP contribution in [0.2, 0.25) is 0 Å². The average Bonchev–Trinajstić information content (AvgIpc) is 2.71. The van der Waals surface area contributed by atoms with Crippen LogP contribution < -0.4 is 10.6 Å². The molecule has 0 saturated carbocycles.